The number of nitrogens with zero attached hydrogens (tertiary/aromatic N) is 2. The summed E-state index contributed by atoms with van der Waals surface area (Å²) in [5.41, 5.74) is 2.12. The molecule has 8 nitrogen and oxygen atoms in total. The Balaban J connectivity index is 0.000000447. The fourth-order valence-corrected chi connectivity index (χ4v) is 8.34. The molecule has 3 aromatic carbocycles. The summed E-state index contributed by atoms with van der Waals surface area (Å²) in [4.78, 5) is 22.2. The molecule has 0 spiro atoms. The predicted octanol–water partition coefficient (Wildman–Crippen LogP) is 7.40. The van der Waals surface area contributed by atoms with Crippen molar-refractivity contribution in [3.8, 4) is 0 Å². The molecule has 2 aliphatic heterocycles. The number of aryl methyl sites for hydroxylation is 1. The third-order valence-corrected chi connectivity index (χ3v) is 10.7. The summed E-state index contributed by atoms with van der Waals surface area (Å²) in [6.45, 7) is 9.70. The van der Waals surface area contributed by atoms with Crippen LogP contribution in [0.2, 0.25) is 0 Å². The molecular weight excluding hydrogens is 712 g/mol. The van der Waals surface area contributed by atoms with E-state index >= 15 is 0 Å². The van der Waals surface area contributed by atoms with Gasteiger partial charge in [0.15, 0.2) is 0 Å². The average Bonchev–Trinajstić information content (AvgIpc) is 3.71. The van der Waals surface area contributed by atoms with Gasteiger partial charge in [-0.05, 0) is 111 Å². The third-order valence-electron chi connectivity index (χ3n) is 7.02. The number of amides is 1. The number of hydrogen-bond donors (Lipinski definition) is 2. The van der Waals surface area contributed by atoms with E-state index in [2.05, 4.69) is 28.2 Å². The first-order valence-corrected chi connectivity index (χ1v) is 18.0. The zero-order valence-electron chi connectivity index (χ0n) is 26.5. The van der Waals surface area contributed by atoms with Gasteiger partial charge in [-0.15, -0.1) is 0 Å². The maximum Gasteiger partial charge on any atom is 0.290 e. The maximum absolute atomic E-state index is 13.1. The zero-order chi connectivity index (χ0) is 34.2. The second-order valence-electron chi connectivity index (χ2n) is 10.3. The van der Waals surface area contributed by atoms with Crippen LogP contribution in [-0.2, 0) is 38.1 Å². The number of carboxylic acid groups (broad SMARTS) is 1. The van der Waals surface area contributed by atoms with Crippen molar-refractivity contribution in [1.29, 1.82) is 0 Å². The van der Waals surface area contributed by atoms with Crippen molar-refractivity contribution < 1.29 is 31.9 Å². The highest BCUT2D eigenvalue weighted by molar-refractivity contribution is 9.10. The van der Waals surface area contributed by atoms with Crippen LogP contribution in [0, 0.1) is 18.6 Å². The monoisotopic (exact) mass is 757 g/mol. The number of carbonyl (C=O) groups is 2. The number of carbonyl (C=O) groups excluding carboxylic acids is 1. The Morgan fingerprint density at radius 2 is 1.38 bits per heavy atom. The van der Waals surface area contributed by atoms with E-state index in [-0.39, 0.29) is 31.4 Å². The summed E-state index contributed by atoms with van der Waals surface area (Å²) in [5.74, 6) is -0.786. The molecule has 2 heterocycles. The molecule has 5 rings (SSSR count). The molecule has 2 aliphatic rings. The van der Waals surface area contributed by atoms with Crippen molar-refractivity contribution in [1.82, 2.24) is 13.9 Å². The lowest BCUT2D eigenvalue weighted by Crippen LogP contribution is -2.43. The molecule has 2 fully saturated rings. The molecule has 4 unspecified atom stereocenters. The fraction of sp³-hybridized carbons (Fsp3) is 0.412. The predicted molar refractivity (Wildman–Crippen MR) is 188 cm³/mol. The summed E-state index contributed by atoms with van der Waals surface area (Å²) in [6, 6.07) is 17.4. The van der Waals surface area contributed by atoms with E-state index in [4.69, 9.17) is 9.90 Å². The minimum atomic E-state index is -1.47. The topological polar surface area (TPSA) is 107 Å². The van der Waals surface area contributed by atoms with Crippen LogP contribution in [0.4, 0.5) is 8.78 Å². The van der Waals surface area contributed by atoms with Crippen LogP contribution in [0.5, 0.6) is 0 Å². The van der Waals surface area contributed by atoms with Gasteiger partial charge in [0.05, 0.1) is 9.79 Å². The van der Waals surface area contributed by atoms with Crippen LogP contribution in [0.25, 0.3) is 0 Å². The summed E-state index contributed by atoms with van der Waals surface area (Å²) < 4.78 is 55.2. The van der Waals surface area contributed by atoms with E-state index in [1.807, 2.05) is 43.3 Å². The van der Waals surface area contributed by atoms with Crippen molar-refractivity contribution in [3.63, 3.8) is 0 Å². The Hall–Kier alpha value is -2.84. The van der Waals surface area contributed by atoms with Crippen LogP contribution < -0.4 is 5.32 Å². The molecule has 1 amide bonds. The Morgan fingerprint density at radius 3 is 1.85 bits per heavy atom. The van der Waals surface area contributed by atoms with Crippen molar-refractivity contribution >= 4 is 50.3 Å². The highest BCUT2D eigenvalue weighted by atomic mass is 79.9. The Bertz CT molecular complexity index is 1430. The Morgan fingerprint density at radius 1 is 0.915 bits per heavy atom. The van der Waals surface area contributed by atoms with Crippen LogP contribution >= 0.6 is 15.9 Å². The highest BCUT2D eigenvalue weighted by Gasteiger charge is 2.35. The molecule has 0 radical (unpaired) electrons. The van der Waals surface area contributed by atoms with Gasteiger partial charge in [-0.2, -0.15) is 0 Å². The minimum absolute atomic E-state index is 0. The number of rotatable bonds is 7. The van der Waals surface area contributed by atoms with E-state index in [1.165, 1.54) is 36.4 Å². The minimum Gasteiger partial charge on any atom is -0.483 e. The van der Waals surface area contributed by atoms with E-state index in [9.17, 15) is 22.0 Å². The van der Waals surface area contributed by atoms with Gasteiger partial charge in [0.2, 0.25) is 5.91 Å². The lowest BCUT2D eigenvalue weighted by molar-refractivity contribution is -0.124. The first kappa shape index (κ1) is 42.2. The Labute approximate surface area is 291 Å². The molecule has 47 heavy (non-hydrogen) atoms. The van der Waals surface area contributed by atoms with Gasteiger partial charge in [0.1, 0.15) is 39.6 Å². The van der Waals surface area contributed by atoms with Crippen molar-refractivity contribution in [2.24, 2.45) is 0 Å². The molecule has 3 aromatic rings. The van der Waals surface area contributed by atoms with Gasteiger partial charge in [-0.3, -0.25) is 9.59 Å². The molecule has 260 valence electrons. The Kier molecular flexibility index (Phi) is 19.7. The maximum atomic E-state index is 13.1. The van der Waals surface area contributed by atoms with E-state index < -0.39 is 28.0 Å². The number of hydrogen-bond acceptors (Lipinski definition) is 4. The summed E-state index contributed by atoms with van der Waals surface area (Å²) in [5, 5.41) is 9.83. The number of halogens is 3. The third kappa shape index (κ3) is 13.3. The van der Waals surface area contributed by atoms with E-state index in [1.54, 1.807) is 16.4 Å². The van der Waals surface area contributed by atoms with Crippen molar-refractivity contribution in [2.45, 2.75) is 89.2 Å². The molecule has 0 aromatic heterocycles. The molecule has 0 aliphatic carbocycles. The SMILES string of the molecule is C.CC.CC1CCCN1S(=O)c1ccc(F)cc1.Cc1cc(Br)cc(CNC(=O)C2CCCN2S(=O)c2ccc(F)cc2)c1.O=CO. The van der Waals surface area contributed by atoms with E-state index in [0.29, 0.717) is 35.3 Å². The first-order chi connectivity index (χ1) is 22.0. The number of benzene rings is 3. The first-order valence-electron chi connectivity index (χ1n) is 15.0. The van der Waals surface area contributed by atoms with Gasteiger partial charge in [-0.1, -0.05) is 43.3 Å². The van der Waals surface area contributed by atoms with Crippen LogP contribution in [-0.4, -0.2) is 59.7 Å². The summed E-state index contributed by atoms with van der Waals surface area (Å²) in [7, 11) is -2.61. The second-order valence-corrected chi connectivity index (χ2v) is 14.1. The molecule has 4 atom stereocenters. The molecule has 2 N–H and O–H groups in total. The van der Waals surface area contributed by atoms with Gasteiger partial charge in [0, 0.05) is 30.1 Å². The van der Waals surface area contributed by atoms with Crippen molar-refractivity contribution in [2.75, 3.05) is 13.1 Å². The van der Waals surface area contributed by atoms with Crippen molar-refractivity contribution in [3.05, 3.63) is 94.0 Å². The highest BCUT2D eigenvalue weighted by Crippen LogP contribution is 2.25. The lowest BCUT2D eigenvalue weighted by Gasteiger charge is -2.22. The normalized spacial score (nSPS) is 18.4. The molecule has 2 saturated heterocycles. The smallest absolute Gasteiger partial charge is 0.290 e. The van der Waals surface area contributed by atoms with Gasteiger partial charge in [-0.25, -0.2) is 25.8 Å². The summed E-state index contributed by atoms with van der Waals surface area (Å²) in [6.07, 6.45) is 3.65. The molecular formula is C34H46BrF2N3O5S2. The number of nitrogens with one attached hydrogen (secondary N) is 1. The molecule has 13 heteroatoms. The second kappa shape index (κ2) is 21.9. The van der Waals surface area contributed by atoms with Gasteiger partial charge < -0.3 is 10.4 Å². The van der Waals surface area contributed by atoms with Crippen LogP contribution in [0.1, 0.15) is 65.0 Å². The van der Waals surface area contributed by atoms with Crippen LogP contribution in [0.3, 0.4) is 0 Å². The summed E-state index contributed by atoms with van der Waals surface area (Å²) >= 11 is 3.46. The lowest BCUT2D eigenvalue weighted by atomic mass is 10.1. The molecule has 0 bridgehead atoms. The van der Waals surface area contributed by atoms with Gasteiger partial charge >= 0.3 is 0 Å². The average molecular weight is 759 g/mol. The zero-order valence-corrected chi connectivity index (χ0v) is 29.7. The quantitative estimate of drug-likeness (QED) is 0.245. The largest absolute Gasteiger partial charge is 0.483 e. The van der Waals surface area contributed by atoms with Crippen LogP contribution in [0.15, 0.2) is 81.0 Å². The fourth-order valence-electron chi connectivity index (χ4n) is 4.95. The molecule has 0 saturated carbocycles. The van der Waals surface area contributed by atoms with E-state index in [0.717, 1.165) is 41.4 Å². The van der Waals surface area contributed by atoms with Gasteiger partial charge in [0.25, 0.3) is 6.47 Å². The standard InChI is InChI=1S/C19H20BrFN2O2S.C11H14FNOS.C2H6.CH2O2.CH4/c1-13-9-14(11-15(20)10-13)12-22-19(24)18-3-2-8-23(18)26(25)17-6-4-16(21)5-7-17;1-9-3-2-8-13(9)15(14)11-6-4-10(12)5-7-11;1-2;2-1-3;/h4-7,9-11,18H,2-3,8,12H2,1H3,(H,22,24);4-7,9H,2-3,8H2,1H3;1-2H3;1H,(H,2,3);1H4.